The number of pyridine rings is 2. The van der Waals surface area contributed by atoms with Gasteiger partial charge in [-0.2, -0.15) is 0 Å². The summed E-state index contributed by atoms with van der Waals surface area (Å²) in [5, 5.41) is 1.13. The van der Waals surface area contributed by atoms with E-state index in [4.69, 9.17) is 5.73 Å². The van der Waals surface area contributed by atoms with Crippen LogP contribution in [0.15, 0.2) is 48.7 Å². The fraction of sp³-hybridized carbons (Fsp3) is 0.0667. The Balaban J connectivity index is 2.26. The van der Waals surface area contributed by atoms with Crippen LogP contribution in [-0.2, 0) is 0 Å². The Bertz CT molecular complexity index is 703. The summed E-state index contributed by atoms with van der Waals surface area (Å²) in [5.74, 6) is 0.535. The highest BCUT2D eigenvalue weighted by Gasteiger charge is 2.04. The highest BCUT2D eigenvalue weighted by atomic mass is 14.8. The zero-order valence-electron chi connectivity index (χ0n) is 10.1. The standard InChI is InChI=1S/C15H13N3/c1-10-5-7-13-12(3-2-4-14(13)18-10)11-6-8-15(16)17-9-11/h2-9H,1H3,(H2,16,17). The summed E-state index contributed by atoms with van der Waals surface area (Å²) in [6.45, 7) is 2.00. The van der Waals surface area contributed by atoms with Gasteiger partial charge in [-0.1, -0.05) is 18.2 Å². The smallest absolute Gasteiger partial charge is 0.123 e. The number of hydrogen-bond acceptors (Lipinski definition) is 3. The molecule has 0 saturated heterocycles. The number of nitrogen functional groups attached to an aromatic ring is 1. The van der Waals surface area contributed by atoms with Gasteiger partial charge >= 0.3 is 0 Å². The maximum Gasteiger partial charge on any atom is 0.123 e. The van der Waals surface area contributed by atoms with Crippen molar-refractivity contribution in [1.82, 2.24) is 9.97 Å². The van der Waals surface area contributed by atoms with E-state index < -0.39 is 0 Å². The van der Waals surface area contributed by atoms with Crippen LogP contribution in [0, 0.1) is 6.92 Å². The molecule has 2 heterocycles. The molecule has 2 aromatic heterocycles. The molecular formula is C15H13N3. The summed E-state index contributed by atoms with van der Waals surface area (Å²) in [5.41, 5.74) is 9.83. The normalized spacial score (nSPS) is 10.7. The highest BCUT2D eigenvalue weighted by molar-refractivity contribution is 5.94. The first kappa shape index (κ1) is 10.7. The van der Waals surface area contributed by atoms with Crippen molar-refractivity contribution < 1.29 is 0 Å². The van der Waals surface area contributed by atoms with Crippen LogP contribution in [0.1, 0.15) is 5.69 Å². The highest BCUT2D eigenvalue weighted by Crippen LogP contribution is 2.27. The third-order valence-electron chi connectivity index (χ3n) is 2.97. The first-order valence-corrected chi connectivity index (χ1v) is 5.82. The molecule has 3 aromatic rings. The fourth-order valence-corrected chi connectivity index (χ4v) is 2.07. The minimum absolute atomic E-state index is 0.535. The predicted molar refractivity (Wildman–Crippen MR) is 74.1 cm³/mol. The van der Waals surface area contributed by atoms with E-state index >= 15 is 0 Å². The lowest BCUT2D eigenvalue weighted by molar-refractivity contribution is 1.26. The number of fused-ring (bicyclic) bond motifs is 1. The van der Waals surface area contributed by atoms with Crippen molar-refractivity contribution in [3.8, 4) is 11.1 Å². The van der Waals surface area contributed by atoms with Gasteiger partial charge in [-0.15, -0.1) is 0 Å². The number of rotatable bonds is 1. The van der Waals surface area contributed by atoms with Gasteiger partial charge in [0.25, 0.3) is 0 Å². The van der Waals surface area contributed by atoms with E-state index in [2.05, 4.69) is 22.1 Å². The summed E-state index contributed by atoms with van der Waals surface area (Å²) in [7, 11) is 0. The first-order valence-electron chi connectivity index (χ1n) is 5.82. The summed E-state index contributed by atoms with van der Waals surface area (Å²) in [4.78, 5) is 8.67. The molecule has 0 spiro atoms. The second-order valence-corrected chi connectivity index (χ2v) is 4.30. The molecular weight excluding hydrogens is 222 g/mol. The summed E-state index contributed by atoms with van der Waals surface area (Å²) in [6.07, 6.45) is 1.80. The number of nitrogens with zero attached hydrogens (tertiary/aromatic N) is 2. The van der Waals surface area contributed by atoms with Gasteiger partial charge in [0, 0.05) is 22.8 Å². The lowest BCUT2D eigenvalue weighted by Crippen LogP contribution is -1.90. The van der Waals surface area contributed by atoms with E-state index in [1.807, 2.05) is 37.3 Å². The molecule has 0 aliphatic rings. The van der Waals surface area contributed by atoms with Crippen molar-refractivity contribution in [2.75, 3.05) is 5.73 Å². The van der Waals surface area contributed by atoms with Gasteiger partial charge in [0.2, 0.25) is 0 Å². The maximum absolute atomic E-state index is 5.61. The lowest BCUT2D eigenvalue weighted by atomic mass is 10.0. The topological polar surface area (TPSA) is 51.8 Å². The average molecular weight is 235 g/mol. The van der Waals surface area contributed by atoms with Crippen LogP contribution in [-0.4, -0.2) is 9.97 Å². The molecule has 0 radical (unpaired) electrons. The first-order chi connectivity index (χ1) is 8.74. The van der Waals surface area contributed by atoms with Crippen LogP contribution in [0.5, 0.6) is 0 Å². The maximum atomic E-state index is 5.61. The number of anilines is 1. The van der Waals surface area contributed by atoms with Crippen LogP contribution >= 0.6 is 0 Å². The second kappa shape index (κ2) is 4.11. The Kier molecular flexibility index (Phi) is 2.45. The van der Waals surface area contributed by atoms with Gasteiger partial charge < -0.3 is 5.73 Å². The number of aromatic nitrogens is 2. The van der Waals surface area contributed by atoms with Gasteiger partial charge in [0.1, 0.15) is 5.82 Å². The largest absolute Gasteiger partial charge is 0.384 e. The van der Waals surface area contributed by atoms with E-state index in [9.17, 15) is 0 Å². The van der Waals surface area contributed by atoms with E-state index in [1.54, 1.807) is 6.20 Å². The molecule has 0 aliphatic heterocycles. The zero-order chi connectivity index (χ0) is 12.5. The molecule has 0 aliphatic carbocycles. The molecule has 0 bridgehead atoms. The molecule has 3 rings (SSSR count). The van der Waals surface area contributed by atoms with Crippen molar-refractivity contribution in [1.29, 1.82) is 0 Å². The van der Waals surface area contributed by atoms with Crippen molar-refractivity contribution in [2.45, 2.75) is 6.92 Å². The van der Waals surface area contributed by atoms with Crippen molar-refractivity contribution >= 4 is 16.7 Å². The predicted octanol–water partition coefficient (Wildman–Crippen LogP) is 3.19. The molecule has 3 nitrogen and oxygen atoms in total. The Morgan fingerprint density at radius 2 is 1.89 bits per heavy atom. The Morgan fingerprint density at radius 1 is 1.00 bits per heavy atom. The summed E-state index contributed by atoms with van der Waals surface area (Å²) in [6, 6.07) is 14.0. The van der Waals surface area contributed by atoms with Crippen LogP contribution in [0.2, 0.25) is 0 Å². The Morgan fingerprint density at radius 3 is 2.67 bits per heavy atom. The molecule has 0 amide bonds. The van der Waals surface area contributed by atoms with E-state index in [0.717, 1.165) is 27.7 Å². The molecule has 0 unspecified atom stereocenters. The number of hydrogen-bond donors (Lipinski definition) is 1. The minimum atomic E-state index is 0.535. The molecule has 0 fully saturated rings. The van der Waals surface area contributed by atoms with Crippen LogP contribution in [0.4, 0.5) is 5.82 Å². The SMILES string of the molecule is Cc1ccc2c(-c3ccc(N)nc3)cccc2n1. The van der Waals surface area contributed by atoms with Crippen LogP contribution in [0.25, 0.3) is 22.0 Å². The Labute approximate surface area is 105 Å². The molecule has 0 atom stereocenters. The summed E-state index contributed by atoms with van der Waals surface area (Å²) < 4.78 is 0. The van der Waals surface area contributed by atoms with E-state index in [-0.39, 0.29) is 0 Å². The van der Waals surface area contributed by atoms with Gasteiger partial charge in [0.05, 0.1) is 5.52 Å². The third-order valence-corrected chi connectivity index (χ3v) is 2.97. The monoisotopic (exact) mass is 235 g/mol. The van der Waals surface area contributed by atoms with Crippen LogP contribution in [0.3, 0.4) is 0 Å². The molecule has 1 aromatic carbocycles. The van der Waals surface area contributed by atoms with Crippen LogP contribution < -0.4 is 5.73 Å². The van der Waals surface area contributed by atoms with E-state index in [1.165, 1.54) is 0 Å². The number of aryl methyl sites for hydroxylation is 1. The summed E-state index contributed by atoms with van der Waals surface area (Å²) >= 11 is 0. The molecule has 2 N–H and O–H groups in total. The number of benzene rings is 1. The fourth-order valence-electron chi connectivity index (χ4n) is 2.07. The Hall–Kier alpha value is -2.42. The lowest BCUT2D eigenvalue weighted by Gasteiger charge is -2.06. The second-order valence-electron chi connectivity index (χ2n) is 4.30. The number of nitrogens with two attached hydrogens (primary N) is 1. The molecule has 88 valence electrons. The van der Waals surface area contributed by atoms with Gasteiger partial charge in [-0.3, -0.25) is 4.98 Å². The quantitative estimate of drug-likeness (QED) is 0.704. The van der Waals surface area contributed by atoms with Crippen molar-refractivity contribution in [2.24, 2.45) is 0 Å². The molecule has 18 heavy (non-hydrogen) atoms. The molecule has 3 heteroatoms. The van der Waals surface area contributed by atoms with E-state index in [0.29, 0.717) is 5.82 Å². The zero-order valence-corrected chi connectivity index (χ0v) is 10.1. The minimum Gasteiger partial charge on any atom is -0.384 e. The third kappa shape index (κ3) is 1.80. The van der Waals surface area contributed by atoms with Crippen molar-refractivity contribution in [3.63, 3.8) is 0 Å². The molecule has 0 saturated carbocycles. The van der Waals surface area contributed by atoms with Crippen molar-refractivity contribution in [3.05, 3.63) is 54.4 Å². The van der Waals surface area contributed by atoms with Gasteiger partial charge in [-0.25, -0.2) is 4.98 Å². The van der Waals surface area contributed by atoms with Gasteiger partial charge in [-0.05, 0) is 36.8 Å². The van der Waals surface area contributed by atoms with Gasteiger partial charge in [0.15, 0.2) is 0 Å². The average Bonchev–Trinajstić information content (AvgIpc) is 2.38.